The molecule has 3 aromatic carbocycles. The van der Waals surface area contributed by atoms with Crippen molar-refractivity contribution in [2.75, 3.05) is 0 Å². The molecule has 0 spiro atoms. The Kier molecular flexibility index (Phi) is 8.19. The number of halogens is 3. The Bertz CT molecular complexity index is 1380. The van der Waals surface area contributed by atoms with Gasteiger partial charge in [0.15, 0.2) is 4.32 Å². The smallest absolute Gasteiger partial charge is 0.285 e. The molecular formula is C25H17BrCl2N2O3S2. The highest BCUT2D eigenvalue weighted by Crippen LogP contribution is 2.35. The Morgan fingerprint density at radius 2 is 1.91 bits per heavy atom. The molecule has 4 rings (SSSR count). The second-order valence-corrected chi connectivity index (χ2v) is 10.9. The van der Waals surface area contributed by atoms with Crippen LogP contribution < -0.4 is 10.2 Å². The summed E-state index contributed by atoms with van der Waals surface area (Å²) in [5.41, 5.74) is 5.22. The standard InChI is InChI=1S/C25H17BrCl2N2O3S2/c1-14-6-8-18(20(28)10-14)23(31)29-30-24(32)22(35-25(30)34)12-16-11-17(26)7-9-21(16)33-13-15-4-2-3-5-19(15)27/h2-12H,13H2,1H3,(H,29,31)/b22-12+. The maximum Gasteiger partial charge on any atom is 0.285 e. The van der Waals surface area contributed by atoms with Gasteiger partial charge in [-0.2, -0.15) is 5.01 Å². The van der Waals surface area contributed by atoms with Crippen LogP contribution in [0.2, 0.25) is 10.0 Å². The van der Waals surface area contributed by atoms with Crippen molar-refractivity contribution < 1.29 is 14.3 Å². The molecule has 0 aliphatic carbocycles. The molecule has 2 amide bonds. The summed E-state index contributed by atoms with van der Waals surface area (Å²) in [6.45, 7) is 2.13. The lowest BCUT2D eigenvalue weighted by Gasteiger charge is -2.16. The molecule has 5 nitrogen and oxygen atoms in total. The van der Waals surface area contributed by atoms with Gasteiger partial charge in [0.25, 0.3) is 11.8 Å². The van der Waals surface area contributed by atoms with E-state index in [1.54, 1.807) is 36.4 Å². The van der Waals surface area contributed by atoms with Gasteiger partial charge in [-0.25, -0.2) is 0 Å². The van der Waals surface area contributed by atoms with E-state index in [1.807, 2.05) is 37.3 Å². The zero-order valence-corrected chi connectivity index (χ0v) is 22.9. The average Bonchev–Trinajstić information content (AvgIpc) is 3.06. The van der Waals surface area contributed by atoms with Crippen LogP contribution in [0.3, 0.4) is 0 Å². The van der Waals surface area contributed by atoms with Gasteiger partial charge in [-0.15, -0.1) is 0 Å². The summed E-state index contributed by atoms with van der Waals surface area (Å²) in [7, 11) is 0. The minimum Gasteiger partial charge on any atom is -0.488 e. The number of aryl methyl sites for hydroxylation is 1. The van der Waals surface area contributed by atoms with Gasteiger partial charge < -0.3 is 4.74 Å². The van der Waals surface area contributed by atoms with Crippen LogP contribution >= 0.6 is 63.1 Å². The third-order valence-corrected chi connectivity index (χ3v) is 7.45. The number of ether oxygens (including phenoxy) is 1. The van der Waals surface area contributed by atoms with Crippen LogP contribution in [-0.4, -0.2) is 21.1 Å². The first kappa shape index (κ1) is 25.7. The molecule has 0 radical (unpaired) electrons. The van der Waals surface area contributed by atoms with E-state index in [-0.39, 0.29) is 21.5 Å². The van der Waals surface area contributed by atoms with Gasteiger partial charge in [0.1, 0.15) is 12.4 Å². The van der Waals surface area contributed by atoms with Crippen LogP contribution in [0.5, 0.6) is 5.75 Å². The quantitative estimate of drug-likeness (QED) is 0.237. The largest absolute Gasteiger partial charge is 0.488 e. The van der Waals surface area contributed by atoms with Crippen molar-refractivity contribution in [3.05, 3.63) is 102 Å². The highest BCUT2D eigenvalue weighted by molar-refractivity contribution is 9.10. The Morgan fingerprint density at radius 1 is 1.14 bits per heavy atom. The van der Waals surface area contributed by atoms with E-state index in [1.165, 1.54) is 0 Å². The number of nitrogens with one attached hydrogen (secondary N) is 1. The van der Waals surface area contributed by atoms with Crippen molar-refractivity contribution in [3.8, 4) is 5.75 Å². The molecule has 0 saturated carbocycles. The van der Waals surface area contributed by atoms with Gasteiger partial charge >= 0.3 is 0 Å². The Balaban J connectivity index is 1.54. The molecular weight excluding hydrogens is 591 g/mol. The highest BCUT2D eigenvalue weighted by Gasteiger charge is 2.34. The van der Waals surface area contributed by atoms with E-state index in [0.29, 0.717) is 21.2 Å². The summed E-state index contributed by atoms with van der Waals surface area (Å²) in [6.07, 6.45) is 1.68. The molecule has 1 aliphatic heterocycles. The summed E-state index contributed by atoms with van der Waals surface area (Å²) in [4.78, 5) is 26.1. The number of nitrogens with zero attached hydrogens (tertiary/aromatic N) is 1. The molecule has 178 valence electrons. The maximum atomic E-state index is 13.1. The fourth-order valence-electron chi connectivity index (χ4n) is 3.21. The number of rotatable bonds is 6. The van der Waals surface area contributed by atoms with E-state index in [4.69, 9.17) is 40.2 Å². The van der Waals surface area contributed by atoms with Crippen LogP contribution in [0.4, 0.5) is 0 Å². The maximum absolute atomic E-state index is 13.1. The van der Waals surface area contributed by atoms with Crippen LogP contribution in [0.1, 0.15) is 27.0 Å². The number of amides is 2. The Labute approximate surface area is 230 Å². The fourth-order valence-corrected chi connectivity index (χ4v) is 5.27. The van der Waals surface area contributed by atoms with E-state index < -0.39 is 11.8 Å². The van der Waals surface area contributed by atoms with E-state index in [2.05, 4.69) is 21.4 Å². The van der Waals surface area contributed by atoms with Gasteiger partial charge in [0, 0.05) is 20.6 Å². The lowest BCUT2D eigenvalue weighted by atomic mass is 10.1. The molecule has 3 aromatic rings. The van der Waals surface area contributed by atoms with Gasteiger partial charge in [-0.3, -0.25) is 15.0 Å². The van der Waals surface area contributed by atoms with Crippen LogP contribution in [0.25, 0.3) is 6.08 Å². The number of carbonyl (C=O) groups is 2. The lowest BCUT2D eigenvalue weighted by molar-refractivity contribution is -0.123. The minimum atomic E-state index is -0.529. The normalized spacial score (nSPS) is 14.5. The molecule has 1 aliphatic rings. The van der Waals surface area contributed by atoms with Crippen molar-refractivity contribution in [2.24, 2.45) is 0 Å². The van der Waals surface area contributed by atoms with Crippen molar-refractivity contribution in [2.45, 2.75) is 13.5 Å². The molecule has 1 N–H and O–H groups in total. The number of hydrogen-bond acceptors (Lipinski definition) is 5. The Morgan fingerprint density at radius 3 is 2.66 bits per heavy atom. The fraction of sp³-hybridized carbons (Fsp3) is 0.0800. The van der Waals surface area contributed by atoms with Gasteiger partial charge in [-0.1, -0.05) is 75.2 Å². The van der Waals surface area contributed by atoms with E-state index in [9.17, 15) is 9.59 Å². The number of thiocarbonyl (C=S) groups is 1. The molecule has 0 unspecified atom stereocenters. The third kappa shape index (κ3) is 6.08. The number of hydrazine groups is 1. The van der Waals surface area contributed by atoms with Crippen molar-refractivity contribution >= 4 is 85.3 Å². The molecule has 10 heteroatoms. The van der Waals surface area contributed by atoms with Crippen LogP contribution in [0.15, 0.2) is 70.0 Å². The van der Waals surface area contributed by atoms with Gasteiger partial charge in [0.2, 0.25) is 0 Å². The number of hydrogen-bond donors (Lipinski definition) is 1. The third-order valence-electron chi connectivity index (χ3n) is 4.98. The molecule has 1 heterocycles. The SMILES string of the molecule is Cc1ccc(C(=O)NN2C(=O)/C(=C\c3cc(Br)ccc3OCc3ccccc3Cl)SC2=S)c(Cl)c1. The first-order chi connectivity index (χ1) is 16.7. The zero-order chi connectivity index (χ0) is 25.1. The van der Waals surface area contributed by atoms with Crippen molar-refractivity contribution in [1.29, 1.82) is 0 Å². The topological polar surface area (TPSA) is 58.6 Å². The molecule has 0 aromatic heterocycles. The van der Waals surface area contributed by atoms with E-state index >= 15 is 0 Å². The van der Waals surface area contributed by atoms with Gasteiger partial charge in [0.05, 0.1) is 15.5 Å². The molecule has 1 saturated heterocycles. The molecule has 0 bridgehead atoms. The van der Waals surface area contributed by atoms with Crippen molar-refractivity contribution in [1.82, 2.24) is 10.4 Å². The highest BCUT2D eigenvalue weighted by atomic mass is 79.9. The second-order valence-electron chi connectivity index (χ2n) is 7.50. The predicted octanol–water partition coefficient (Wildman–Crippen LogP) is 7.19. The molecule has 35 heavy (non-hydrogen) atoms. The molecule has 1 fully saturated rings. The van der Waals surface area contributed by atoms with Crippen LogP contribution in [-0.2, 0) is 11.4 Å². The number of benzene rings is 3. The second kappa shape index (κ2) is 11.1. The summed E-state index contributed by atoms with van der Waals surface area (Å²) in [5, 5.41) is 1.95. The summed E-state index contributed by atoms with van der Waals surface area (Å²) in [6, 6.07) is 17.9. The minimum absolute atomic E-state index is 0.200. The first-order valence-electron chi connectivity index (χ1n) is 10.2. The lowest BCUT2D eigenvalue weighted by Crippen LogP contribution is -2.44. The summed E-state index contributed by atoms with van der Waals surface area (Å²) in [5.74, 6) is -0.416. The number of thioether (sulfide) groups is 1. The van der Waals surface area contributed by atoms with Crippen LogP contribution in [0, 0.1) is 6.92 Å². The monoisotopic (exact) mass is 606 g/mol. The first-order valence-corrected chi connectivity index (χ1v) is 13.0. The summed E-state index contributed by atoms with van der Waals surface area (Å²) < 4.78 is 7.01. The Hall–Kier alpha value is -2.36. The van der Waals surface area contributed by atoms with Crippen molar-refractivity contribution in [3.63, 3.8) is 0 Å². The molecule has 0 atom stereocenters. The van der Waals surface area contributed by atoms with Gasteiger partial charge in [-0.05, 0) is 67.2 Å². The summed E-state index contributed by atoms with van der Waals surface area (Å²) >= 11 is 22.3. The average molecular weight is 608 g/mol. The predicted molar refractivity (Wildman–Crippen MR) is 149 cm³/mol. The zero-order valence-electron chi connectivity index (χ0n) is 18.2. The van der Waals surface area contributed by atoms with E-state index in [0.717, 1.165) is 32.4 Å². The number of carbonyl (C=O) groups excluding carboxylic acids is 2.